The lowest BCUT2D eigenvalue weighted by molar-refractivity contribution is -0.384. The van der Waals surface area contributed by atoms with Crippen molar-refractivity contribution in [3.63, 3.8) is 0 Å². The van der Waals surface area contributed by atoms with Crippen LogP contribution in [0.25, 0.3) is 0 Å². The number of methoxy groups -OCH3 is 2. The van der Waals surface area contributed by atoms with Gasteiger partial charge in [-0.3, -0.25) is 14.9 Å². The molecule has 0 saturated carbocycles. The van der Waals surface area contributed by atoms with Crippen LogP contribution in [-0.2, 0) is 11.3 Å². The molecule has 1 unspecified atom stereocenters. The van der Waals surface area contributed by atoms with Gasteiger partial charge in [-0.1, -0.05) is 12.1 Å². The number of nitro groups is 1. The van der Waals surface area contributed by atoms with Gasteiger partial charge >= 0.3 is 6.09 Å². The van der Waals surface area contributed by atoms with Gasteiger partial charge in [-0.2, -0.15) is 0 Å². The quantitative estimate of drug-likeness (QED) is 0.392. The first-order valence-electron chi connectivity index (χ1n) is 12.0. The summed E-state index contributed by atoms with van der Waals surface area (Å²) in [6, 6.07) is 9.35. The van der Waals surface area contributed by atoms with E-state index in [1.807, 2.05) is 0 Å². The second-order valence-electron chi connectivity index (χ2n) is 9.74. The molecule has 2 amide bonds. The molecule has 11 nitrogen and oxygen atoms in total. The maximum Gasteiger partial charge on any atom is 0.410 e. The molecule has 1 aliphatic heterocycles. The molecule has 1 aliphatic rings. The van der Waals surface area contributed by atoms with Crippen molar-refractivity contribution in [2.24, 2.45) is 0 Å². The number of para-hydroxylation sites is 1. The van der Waals surface area contributed by atoms with E-state index in [2.05, 4.69) is 10.6 Å². The number of carbonyl (C=O) groups is 2. The first-order valence-corrected chi connectivity index (χ1v) is 12.0. The van der Waals surface area contributed by atoms with Crippen molar-refractivity contribution >= 4 is 23.4 Å². The van der Waals surface area contributed by atoms with Crippen LogP contribution in [0, 0.1) is 10.1 Å². The van der Waals surface area contributed by atoms with Crippen LogP contribution in [0.1, 0.15) is 49.5 Å². The number of benzene rings is 2. The lowest BCUT2D eigenvalue weighted by Crippen LogP contribution is -2.47. The van der Waals surface area contributed by atoms with Gasteiger partial charge in [0.2, 0.25) is 0 Å². The zero-order valence-electron chi connectivity index (χ0n) is 21.8. The maximum absolute atomic E-state index is 13.1. The Hall–Kier alpha value is -4.02. The van der Waals surface area contributed by atoms with Gasteiger partial charge in [-0.25, -0.2) is 4.79 Å². The number of amides is 2. The molecule has 0 spiro atoms. The van der Waals surface area contributed by atoms with Crippen LogP contribution in [0.15, 0.2) is 36.4 Å². The number of hydrogen-bond donors (Lipinski definition) is 2. The summed E-state index contributed by atoms with van der Waals surface area (Å²) in [7, 11) is 3.06. The van der Waals surface area contributed by atoms with Crippen molar-refractivity contribution in [2.45, 2.75) is 51.8 Å². The number of nitrogens with one attached hydrogen (secondary N) is 2. The Labute approximate surface area is 216 Å². The monoisotopic (exact) mass is 514 g/mol. The van der Waals surface area contributed by atoms with Gasteiger partial charge in [0.05, 0.1) is 24.7 Å². The Balaban J connectivity index is 1.78. The topological polar surface area (TPSA) is 132 Å². The first-order chi connectivity index (χ1) is 17.5. The van der Waals surface area contributed by atoms with Gasteiger partial charge in [-0.15, -0.1) is 0 Å². The SMILES string of the molecule is COc1ccc(CNC(=O)c2cccc([N+](=O)[O-])c2NC2CCCN(C(=O)OC(C)(C)C)C2)cc1OC. The summed E-state index contributed by atoms with van der Waals surface area (Å²) in [6.07, 6.45) is 0.936. The molecule has 2 aromatic carbocycles. The fourth-order valence-electron chi connectivity index (χ4n) is 4.09. The molecule has 0 bridgehead atoms. The molecule has 2 aromatic rings. The van der Waals surface area contributed by atoms with Crippen molar-refractivity contribution < 1.29 is 28.7 Å². The van der Waals surface area contributed by atoms with E-state index in [-0.39, 0.29) is 29.5 Å². The number of carbonyl (C=O) groups excluding carboxylic acids is 2. The van der Waals surface area contributed by atoms with Gasteiger partial charge in [0.1, 0.15) is 11.3 Å². The highest BCUT2D eigenvalue weighted by Crippen LogP contribution is 2.31. The van der Waals surface area contributed by atoms with Gasteiger partial charge in [0, 0.05) is 31.7 Å². The second-order valence-corrected chi connectivity index (χ2v) is 9.74. The van der Waals surface area contributed by atoms with Crippen molar-refractivity contribution in [1.82, 2.24) is 10.2 Å². The van der Waals surface area contributed by atoms with E-state index in [0.29, 0.717) is 37.4 Å². The van der Waals surface area contributed by atoms with Crippen LogP contribution < -0.4 is 20.1 Å². The van der Waals surface area contributed by atoms with Crippen molar-refractivity contribution in [3.05, 3.63) is 57.6 Å². The molecule has 0 radical (unpaired) electrons. The molecule has 0 aromatic heterocycles. The highest BCUT2D eigenvalue weighted by atomic mass is 16.6. The molecule has 1 saturated heterocycles. The minimum Gasteiger partial charge on any atom is -0.493 e. The van der Waals surface area contributed by atoms with Gasteiger partial charge in [0.15, 0.2) is 11.5 Å². The number of anilines is 1. The third-order valence-corrected chi connectivity index (χ3v) is 5.81. The Bertz CT molecular complexity index is 1150. The third kappa shape index (κ3) is 7.25. The highest BCUT2D eigenvalue weighted by Gasteiger charge is 2.30. The molecule has 11 heteroatoms. The predicted octanol–water partition coefficient (Wildman–Crippen LogP) is 4.35. The molecule has 1 heterocycles. The number of hydrogen-bond acceptors (Lipinski definition) is 8. The number of nitro benzene ring substituents is 1. The lowest BCUT2D eigenvalue weighted by atomic mass is 10.0. The van der Waals surface area contributed by atoms with E-state index >= 15 is 0 Å². The number of ether oxygens (including phenoxy) is 3. The zero-order valence-corrected chi connectivity index (χ0v) is 21.8. The number of piperidine rings is 1. The minimum atomic E-state index is -0.630. The Morgan fingerprint density at radius 3 is 2.51 bits per heavy atom. The number of likely N-dealkylation sites (tertiary alicyclic amines) is 1. The van der Waals surface area contributed by atoms with E-state index in [9.17, 15) is 19.7 Å². The van der Waals surface area contributed by atoms with Crippen LogP contribution in [0.5, 0.6) is 11.5 Å². The fourth-order valence-corrected chi connectivity index (χ4v) is 4.09. The van der Waals surface area contributed by atoms with E-state index in [4.69, 9.17) is 14.2 Å². The van der Waals surface area contributed by atoms with Crippen LogP contribution in [0.2, 0.25) is 0 Å². The van der Waals surface area contributed by atoms with Crippen LogP contribution in [0.3, 0.4) is 0 Å². The third-order valence-electron chi connectivity index (χ3n) is 5.81. The minimum absolute atomic E-state index is 0.119. The maximum atomic E-state index is 13.1. The Morgan fingerprint density at radius 2 is 1.86 bits per heavy atom. The number of nitrogens with zero attached hydrogens (tertiary/aromatic N) is 2. The molecule has 200 valence electrons. The van der Waals surface area contributed by atoms with E-state index in [0.717, 1.165) is 5.56 Å². The van der Waals surface area contributed by atoms with Gasteiger partial charge in [0.25, 0.3) is 11.6 Å². The summed E-state index contributed by atoms with van der Waals surface area (Å²) in [6.45, 7) is 6.40. The molecule has 1 fully saturated rings. The van der Waals surface area contributed by atoms with Crippen LogP contribution in [0.4, 0.5) is 16.2 Å². The number of rotatable bonds is 8. The highest BCUT2D eigenvalue weighted by molar-refractivity contribution is 6.01. The molecule has 0 aliphatic carbocycles. The summed E-state index contributed by atoms with van der Waals surface area (Å²) in [4.78, 5) is 38.6. The largest absolute Gasteiger partial charge is 0.493 e. The Kier molecular flexibility index (Phi) is 8.80. The van der Waals surface area contributed by atoms with Crippen molar-refractivity contribution in [3.8, 4) is 11.5 Å². The smallest absolute Gasteiger partial charge is 0.410 e. The second kappa shape index (κ2) is 11.8. The normalized spacial score (nSPS) is 15.5. The molecular weight excluding hydrogens is 480 g/mol. The summed E-state index contributed by atoms with van der Waals surface area (Å²) >= 11 is 0. The average Bonchev–Trinajstić information content (AvgIpc) is 2.86. The molecular formula is C26H34N4O7. The fraction of sp³-hybridized carbons (Fsp3) is 0.462. The van der Waals surface area contributed by atoms with Crippen molar-refractivity contribution in [2.75, 3.05) is 32.6 Å². The summed E-state index contributed by atoms with van der Waals surface area (Å²) < 4.78 is 16.0. The predicted molar refractivity (Wildman–Crippen MR) is 138 cm³/mol. The lowest BCUT2D eigenvalue weighted by Gasteiger charge is -2.35. The van der Waals surface area contributed by atoms with Crippen molar-refractivity contribution in [1.29, 1.82) is 0 Å². The first kappa shape index (κ1) is 27.6. The summed E-state index contributed by atoms with van der Waals surface area (Å²) in [5.74, 6) is 0.621. The zero-order chi connectivity index (χ0) is 27.2. The van der Waals surface area contributed by atoms with E-state index in [1.165, 1.54) is 32.4 Å². The van der Waals surface area contributed by atoms with Gasteiger partial charge < -0.3 is 29.7 Å². The van der Waals surface area contributed by atoms with Crippen LogP contribution >= 0.6 is 0 Å². The van der Waals surface area contributed by atoms with Gasteiger partial charge in [-0.05, 0) is 57.4 Å². The standard InChI is InChI=1S/C26H34N4O7/c1-26(2,3)37-25(32)29-13-7-8-18(16-29)28-23-19(9-6-10-20(23)30(33)34)24(31)27-15-17-11-12-21(35-4)22(14-17)36-5/h6,9-12,14,18,28H,7-8,13,15-16H2,1-5H3,(H,27,31). The Morgan fingerprint density at radius 1 is 1.14 bits per heavy atom. The van der Waals surface area contributed by atoms with Crippen LogP contribution in [-0.4, -0.2) is 60.8 Å². The molecule has 2 N–H and O–H groups in total. The summed E-state index contributed by atoms with van der Waals surface area (Å²) in [5.41, 5.74) is 0.186. The van der Waals surface area contributed by atoms with E-state index in [1.54, 1.807) is 43.9 Å². The summed E-state index contributed by atoms with van der Waals surface area (Å²) in [5, 5.41) is 17.8. The average molecular weight is 515 g/mol. The molecule has 1 atom stereocenters. The molecule has 37 heavy (non-hydrogen) atoms. The molecule has 3 rings (SSSR count). The van der Waals surface area contributed by atoms with E-state index < -0.39 is 22.5 Å².